The number of hydrogen-bond acceptors (Lipinski definition) is 2. The summed E-state index contributed by atoms with van der Waals surface area (Å²) in [5.74, 6) is 0.359. The minimum Gasteiger partial charge on any atom is -0.364 e. The maximum Gasteiger partial charge on any atom is 0.152 e. The molecule has 1 aliphatic rings. The molecule has 0 spiro atoms. The molecule has 0 saturated carbocycles. The van der Waals surface area contributed by atoms with Gasteiger partial charge in [0.25, 0.3) is 0 Å². The smallest absolute Gasteiger partial charge is 0.152 e. The molecule has 14 heavy (non-hydrogen) atoms. The number of benzene rings is 1. The van der Waals surface area contributed by atoms with Crippen LogP contribution in [-0.4, -0.2) is 18.9 Å². The molecule has 0 aromatic heterocycles. The van der Waals surface area contributed by atoms with Crippen LogP contribution in [0.3, 0.4) is 0 Å². The Labute approximate surface area is 84.5 Å². The van der Waals surface area contributed by atoms with E-state index in [1.165, 1.54) is 11.3 Å². The van der Waals surface area contributed by atoms with E-state index in [9.17, 15) is 4.79 Å². The molecule has 1 saturated heterocycles. The predicted octanol–water partition coefficient (Wildman–Crippen LogP) is 2.16. The van der Waals surface area contributed by atoms with Crippen molar-refractivity contribution in [2.24, 2.45) is 0 Å². The summed E-state index contributed by atoms with van der Waals surface area (Å²) >= 11 is 0. The lowest BCUT2D eigenvalue weighted by molar-refractivity contribution is -0.118. The molecule has 0 bridgehead atoms. The van der Waals surface area contributed by atoms with Crippen LogP contribution in [-0.2, 0) is 4.79 Å². The first-order valence-corrected chi connectivity index (χ1v) is 5.09. The van der Waals surface area contributed by atoms with Crippen molar-refractivity contribution in [3.8, 4) is 0 Å². The van der Waals surface area contributed by atoms with E-state index in [1.54, 1.807) is 0 Å². The molecular weight excluding hydrogens is 174 g/mol. The lowest BCUT2D eigenvalue weighted by Crippen LogP contribution is -2.35. The van der Waals surface area contributed by atoms with Crippen LogP contribution < -0.4 is 4.90 Å². The lowest BCUT2D eigenvalue weighted by Gasteiger charge is -2.28. The number of piperidine rings is 1. The first kappa shape index (κ1) is 9.25. The SMILES string of the molecule is Cc1cccc(N2CCCC(=O)C2)c1. The summed E-state index contributed by atoms with van der Waals surface area (Å²) in [6.07, 6.45) is 1.75. The molecule has 1 aromatic rings. The summed E-state index contributed by atoms with van der Waals surface area (Å²) in [6, 6.07) is 8.34. The van der Waals surface area contributed by atoms with E-state index in [0.717, 1.165) is 19.4 Å². The van der Waals surface area contributed by atoms with E-state index in [2.05, 4.69) is 30.0 Å². The molecule has 1 aromatic carbocycles. The Hall–Kier alpha value is -1.31. The molecule has 2 nitrogen and oxygen atoms in total. The fraction of sp³-hybridized carbons (Fsp3) is 0.417. The van der Waals surface area contributed by atoms with Gasteiger partial charge >= 0.3 is 0 Å². The number of hydrogen-bond donors (Lipinski definition) is 0. The van der Waals surface area contributed by atoms with Gasteiger partial charge in [0.05, 0.1) is 6.54 Å². The second-order valence-electron chi connectivity index (χ2n) is 3.90. The quantitative estimate of drug-likeness (QED) is 0.674. The largest absolute Gasteiger partial charge is 0.364 e. The lowest BCUT2D eigenvalue weighted by atomic mass is 10.1. The molecular formula is C12H15NO. The molecule has 1 heterocycles. The van der Waals surface area contributed by atoms with Crippen LogP contribution in [0.15, 0.2) is 24.3 Å². The summed E-state index contributed by atoms with van der Waals surface area (Å²) in [7, 11) is 0. The summed E-state index contributed by atoms with van der Waals surface area (Å²) < 4.78 is 0. The van der Waals surface area contributed by atoms with Gasteiger partial charge in [-0.25, -0.2) is 0 Å². The Bertz CT molecular complexity index is 346. The van der Waals surface area contributed by atoms with Crippen LogP contribution in [0, 0.1) is 6.92 Å². The van der Waals surface area contributed by atoms with E-state index in [1.807, 2.05) is 6.07 Å². The Morgan fingerprint density at radius 2 is 2.21 bits per heavy atom. The fourth-order valence-electron chi connectivity index (χ4n) is 1.88. The van der Waals surface area contributed by atoms with Crippen LogP contribution in [0.2, 0.25) is 0 Å². The monoisotopic (exact) mass is 189 g/mol. The van der Waals surface area contributed by atoms with Crippen molar-refractivity contribution in [1.82, 2.24) is 0 Å². The maximum absolute atomic E-state index is 11.3. The zero-order chi connectivity index (χ0) is 9.97. The highest BCUT2D eigenvalue weighted by Crippen LogP contribution is 2.19. The molecule has 2 rings (SSSR count). The topological polar surface area (TPSA) is 20.3 Å². The zero-order valence-corrected chi connectivity index (χ0v) is 8.49. The minimum atomic E-state index is 0.359. The van der Waals surface area contributed by atoms with Crippen LogP contribution in [0.5, 0.6) is 0 Å². The second kappa shape index (κ2) is 3.82. The summed E-state index contributed by atoms with van der Waals surface area (Å²) in [6.45, 7) is 3.67. The maximum atomic E-state index is 11.3. The van der Waals surface area contributed by atoms with Gasteiger partial charge in [0.15, 0.2) is 5.78 Å². The minimum absolute atomic E-state index is 0.359. The molecule has 0 radical (unpaired) electrons. The van der Waals surface area contributed by atoms with Crippen LogP contribution in [0.4, 0.5) is 5.69 Å². The van der Waals surface area contributed by atoms with Crippen molar-refractivity contribution in [2.45, 2.75) is 19.8 Å². The van der Waals surface area contributed by atoms with Crippen molar-refractivity contribution in [2.75, 3.05) is 18.0 Å². The molecule has 2 heteroatoms. The first-order chi connectivity index (χ1) is 6.75. The van der Waals surface area contributed by atoms with E-state index >= 15 is 0 Å². The average Bonchev–Trinajstić information content (AvgIpc) is 2.18. The van der Waals surface area contributed by atoms with Crippen molar-refractivity contribution < 1.29 is 4.79 Å². The van der Waals surface area contributed by atoms with Crippen LogP contribution in [0.1, 0.15) is 18.4 Å². The Morgan fingerprint density at radius 3 is 2.93 bits per heavy atom. The normalized spacial score (nSPS) is 17.2. The van der Waals surface area contributed by atoms with Gasteiger partial charge in [0, 0.05) is 18.7 Å². The summed E-state index contributed by atoms with van der Waals surface area (Å²) in [5, 5.41) is 0. The van der Waals surface area contributed by atoms with Gasteiger partial charge in [-0.1, -0.05) is 12.1 Å². The molecule has 74 valence electrons. The zero-order valence-electron chi connectivity index (χ0n) is 8.49. The van der Waals surface area contributed by atoms with E-state index in [4.69, 9.17) is 0 Å². The number of nitrogens with zero attached hydrogens (tertiary/aromatic N) is 1. The van der Waals surface area contributed by atoms with Crippen LogP contribution in [0.25, 0.3) is 0 Å². The third kappa shape index (κ3) is 1.95. The highest BCUT2D eigenvalue weighted by Gasteiger charge is 2.16. The number of rotatable bonds is 1. The number of aryl methyl sites for hydroxylation is 1. The van der Waals surface area contributed by atoms with Crippen molar-refractivity contribution in [3.05, 3.63) is 29.8 Å². The fourth-order valence-corrected chi connectivity index (χ4v) is 1.88. The number of anilines is 1. The third-order valence-corrected chi connectivity index (χ3v) is 2.62. The van der Waals surface area contributed by atoms with Gasteiger partial charge in [-0.2, -0.15) is 0 Å². The molecule has 0 unspecified atom stereocenters. The Kier molecular flexibility index (Phi) is 2.53. The first-order valence-electron chi connectivity index (χ1n) is 5.09. The molecule has 1 aliphatic heterocycles. The van der Waals surface area contributed by atoms with E-state index in [-0.39, 0.29) is 0 Å². The van der Waals surface area contributed by atoms with Crippen molar-refractivity contribution in [3.63, 3.8) is 0 Å². The van der Waals surface area contributed by atoms with Crippen LogP contribution >= 0.6 is 0 Å². The molecule has 0 aliphatic carbocycles. The van der Waals surface area contributed by atoms with Gasteiger partial charge in [0.1, 0.15) is 0 Å². The highest BCUT2D eigenvalue weighted by atomic mass is 16.1. The highest BCUT2D eigenvalue weighted by molar-refractivity contribution is 5.84. The molecule has 1 fully saturated rings. The standard InChI is InChI=1S/C12H15NO/c1-10-4-2-5-11(8-10)13-7-3-6-12(14)9-13/h2,4-5,8H,3,6-7,9H2,1H3. The number of ketones is 1. The summed E-state index contributed by atoms with van der Waals surface area (Å²) in [5.41, 5.74) is 2.43. The number of Topliss-reactive ketones (excluding diaryl/α,β-unsaturated/α-hetero) is 1. The van der Waals surface area contributed by atoms with E-state index in [0.29, 0.717) is 12.3 Å². The summed E-state index contributed by atoms with van der Waals surface area (Å²) in [4.78, 5) is 13.5. The van der Waals surface area contributed by atoms with Crippen molar-refractivity contribution >= 4 is 11.5 Å². The van der Waals surface area contributed by atoms with Gasteiger partial charge in [-0.15, -0.1) is 0 Å². The van der Waals surface area contributed by atoms with Gasteiger partial charge in [-0.3, -0.25) is 4.79 Å². The van der Waals surface area contributed by atoms with Gasteiger partial charge < -0.3 is 4.90 Å². The van der Waals surface area contributed by atoms with E-state index < -0.39 is 0 Å². The average molecular weight is 189 g/mol. The molecule has 0 amide bonds. The second-order valence-corrected chi connectivity index (χ2v) is 3.90. The Balaban J connectivity index is 2.17. The van der Waals surface area contributed by atoms with Gasteiger partial charge in [0.2, 0.25) is 0 Å². The van der Waals surface area contributed by atoms with Gasteiger partial charge in [-0.05, 0) is 31.0 Å². The third-order valence-electron chi connectivity index (χ3n) is 2.62. The van der Waals surface area contributed by atoms with Crippen molar-refractivity contribution in [1.29, 1.82) is 0 Å². The predicted molar refractivity (Wildman–Crippen MR) is 57.6 cm³/mol. The molecule has 0 atom stereocenters. The molecule has 0 N–H and O–H groups in total. The number of carbonyl (C=O) groups excluding carboxylic acids is 1. The Morgan fingerprint density at radius 1 is 1.36 bits per heavy atom. The number of carbonyl (C=O) groups is 1.